The molecule has 0 radical (unpaired) electrons. The van der Waals surface area contributed by atoms with E-state index in [-0.39, 0.29) is 0 Å². The van der Waals surface area contributed by atoms with Crippen LogP contribution in [0.15, 0.2) is 29.4 Å². The second-order valence-electron chi connectivity index (χ2n) is 8.48. The first-order chi connectivity index (χ1) is 14.3. The maximum absolute atomic E-state index is 4.46. The van der Waals surface area contributed by atoms with Crippen LogP contribution < -0.4 is 10.6 Å². The van der Waals surface area contributed by atoms with Crippen LogP contribution in [0.2, 0.25) is 0 Å². The molecular weight excluding hydrogens is 362 g/mol. The summed E-state index contributed by atoms with van der Waals surface area (Å²) in [6.07, 6.45) is 13.6. The summed E-state index contributed by atoms with van der Waals surface area (Å²) in [6, 6.07) is 5.98. The van der Waals surface area contributed by atoms with Crippen molar-refractivity contribution in [3.8, 4) is 0 Å². The van der Waals surface area contributed by atoms with Gasteiger partial charge in [-0.2, -0.15) is 0 Å². The van der Waals surface area contributed by atoms with Gasteiger partial charge in [0.1, 0.15) is 5.82 Å². The van der Waals surface area contributed by atoms with E-state index >= 15 is 0 Å². The van der Waals surface area contributed by atoms with Gasteiger partial charge in [-0.15, -0.1) is 10.2 Å². The predicted octanol–water partition coefficient (Wildman–Crippen LogP) is 2.63. The molecule has 2 N–H and O–H groups in total. The minimum Gasteiger partial charge on any atom is -0.356 e. The maximum atomic E-state index is 4.46. The number of fused-ring (bicyclic) bond motifs is 1. The van der Waals surface area contributed by atoms with Crippen LogP contribution in [-0.4, -0.2) is 64.2 Å². The van der Waals surface area contributed by atoms with Gasteiger partial charge in [-0.3, -0.25) is 14.3 Å². The van der Waals surface area contributed by atoms with Gasteiger partial charge in [0.25, 0.3) is 0 Å². The van der Waals surface area contributed by atoms with Crippen molar-refractivity contribution < 1.29 is 0 Å². The molecule has 1 saturated carbocycles. The van der Waals surface area contributed by atoms with E-state index in [2.05, 4.69) is 30.7 Å². The number of nitrogens with zero attached hydrogens (tertiary/aromatic N) is 5. The van der Waals surface area contributed by atoms with E-state index in [0.717, 1.165) is 36.9 Å². The van der Waals surface area contributed by atoms with Crippen LogP contribution in [0.25, 0.3) is 5.65 Å². The zero-order valence-electron chi connectivity index (χ0n) is 17.7. The Labute approximate surface area is 174 Å². The molecule has 0 bridgehead atoms. The third kappa shape index (κ3) is 4.71. The van der Waals surface area contributed by atoms with Crippen molar-refractivity contribution in [1.29, 1.82) is 0 Å². The first-order valence-electron chi connectivity index (χ1n) is 11.3. The summed E-state index contributed by atoms with van der Waals surface area (Å²) in [4.78, 5) is 7.24. The summed E-state index contributed by atoms with van der Waals surface area (Å²) in [5.74, 6) is 1.86. The number of hydrogen-bond acceptors (Lipinski definition) is 4. The zero-order valence-corrected chi connectivity index (χ0v) is 17.7. The number of pyridine rings is 1. The first kappa shape index (κ1) is 20.1. The molecule has 158 valence electrons. The Morgan fingerprint density at radius 3 is 2.62 bits per heavy atom. The molecule has 0 atom stereocenters. The van der Waals surface area contributed by atoms with Crippen molar-refractivity contribution in [3.05, 3.63) is 30.2 Å². The third-order valence-electron chi connectivity index (χ3n) is 6.65. The number of nitrogens with one attached hydrogen (secondary N) is 2. The quantitative estimate of drug-likeness (QED) is 0.579. The number of rotatable bonds is 6. The normalized spacial score (nSPS) is 20.7. The molecule has 3 heterocycles. The second kappa shape index (κ2) is 9.57. The Morgan fingerprint density at radius 2 is 1.83 bits per heavy atom. The molecule has 2 aromatic heterocycles. The Kier molecular flexibility index (Phi) is 6.64. The van der Waals surface area contributed by atoms with E-state index in [4.69, 9.17) is 0 Å². The average molecular weight is 398 g/mol. The van der Waals surface area contributed by atoms with Crippen molar-refractivity contribution >= 4 is 11.6 Å². The molecule has 7 heteroatoms. The van der Waals surface area contributed by atoms with Gasteiger partial charge in [0, 0.05) is 38.3 Å². The Balaban J connectivity index is 1.32. The highest BCUT2D eigenvalue weighted by molar-refractivity contribution is 5.79. The number of hydrogen-bond donors (Lipinski definition) is 2. The second-order valence-corrected chi connectivity index (χ2v) is 8.48. The van der Waals surface area contributed by atoms with Crippen LogP contribution in [0.3, 0.4) is 0 Å². The van der Waals surface area contributed by atoms with E-state index in [1.165, 1.54) is 64.5 Å². The van der Waals surface area contributed by atoms with E-state index in [1.54, 1.807) is 0 Å². The first-order valence-corrected chi connectivity index (χ1v) is 11.3. The van der Waals surface area contributed by atoms with Gasteiger partial charge in [-0.05, 0) is 50.9 Å². The summed E-state index contributed by atoms with van der Waals surface area (Å²) >= 11 is 0. The number of piperidine rings is 1. The van der Waals surface area contributed by atoms with Crippen molar-refractivity contribution in [2.24, 2.45) is 4.99 Å². The number of guanidine groups is 1. The van der Waals surface area contributed by atoms with Crippen LogP contribution in [0.1, 0.15) is 57.2 Å². The van der Waals surface area contributed by atoms with Gasteiger partial charge < -0.3 is 10.6 Å². The van der Waals surface area contributed by atoms with E-state index in [0.29, 0.717) is 5.54 Å². The lowest BCUT2D eigenvalue weighted by Gasteiger charge is -2.48. The topological polar surface area (TPSA) is 69.8 Å². The number of aromatic nitrogens is 3. The van der Waals surface area contributed by atoms with E-state index < -0.39 is 0 Å². The lowest BCUT2D eigenvalue weighted by Crippen LogP contribution is -2.59. The van der Waals surface area contributed by atoms with Crippen molar-refractivity contribution in [2.75, 3.05) is 33.2 Å². The van der Waals surface area contributed by atoms with Crippen molar-refractivity contribution in [2.45, 2.75) is 63.3 Å². The SMILES string of the molecule is CN=C(NCCc1nnc2ccccn12)NCC1(N2CCCCC2)CCCCC1. The number of aliphatic imine (C=N–C) groups is 1. The standard InChI is InChI=1S/C22H35N7/c1-23-21(24-14-11-20-27-26-19-10-4-9-17-29(19)20)25-18-22(12-5-2-6-13-22)28-15-7-3-8-16-28/h4,9-10,17H,2-3,5-8,11-16,18H2,1H3,(H2,23,24,25). The average Bonchev–Trinajstić information content (AvgIpc) is 3.20. The summed E-state index contributed by atoms with van der Waals surface area (Å²) in [5, 5.41) is 15.7. The van der Waals surface area contributed by atoms with Gasteiger partial charge in [0.2, 0.25) is 0 Å². The highest BCUT2D eigenvalue weighted by atomic mass is 15.3. The van der Waals surface area contributed by atoms with Gasteiger partial charge in [0.15, 0.2) is 11.6 Å². The molecule has 1 saturated heterocycles. The fourth-order valence-corrected chi connectivity index (χ4v) is 5.01. The molecule has 7 nitrogen and oxygen atoms in total. The molecule has 2 fully saturated rings. The fourth-order valence-electron chi connectivity index (χ4n) is 5.01. The van der Waals surface area contributed by atoms with Crippen LogP contribution in [-0.2, 0) is 6.42 Å². The largest absolute Gasteiger partial charge is 0.356 e. The van der Waals surface area contributed by atoms with Crippen LogP contribution in [0, 0.1) is 0 Å². The van der Waals surface area contributed by atoms with Crippen molar-refractivity contribution in [3.63, 3.8) is 0 Å². The van der Waals surface area contributed by atoms with Gasteiger partial charge in [-0.1, -0.05) is 31.7 Å². The molecule has 29 heavy (non-hydrogen) atoms. The molecule has 2 aromatic rings. The minimum atomic E-state index is 0.305. The predicted molar refractivity (Wildman–Crippen MR) is 117 cm³/mol. The smallest absolute Gasteiger partial charge is 0.191 e. The Hall–Kier alpha value is -2.15. The van der Waals surface area contributed by atoms with Crippen molar-refractivity contribution in [1.82, 2.24) is 30.1 Å². The molecule has 1 aliphatic carbocycles. The monoisotopic (exact) mass is 397 g/mol. The molecule has 0 amide bonds. The van der Waals surface area contributed by atoms with Gasteiger partial charge in [-0.25, -0.2) is 0 Å². The summed E-state index contributed by atoms with van der Waals surface area (Å²) in [5.41, 5.74) is 1.20. The highest BCUT2D eigenvalue weighted by Crippen LogP contribution is 2.35. The number of likely N-dealkylation sites (tertiary alicyclic amines) is 1. The molecule has 0 unspecified atom stereocenters. The lowest BCUT2D eigenvalue weighted by molar-refractivity contribution is 0.0368. The van der Waals surface area contributed by atoms with E-state index in [1.807, 2.05) is 35.8 Å². The lowest BCUT2D eigenvalue weighted by atomic mass is 9.79. The summed E-state index contributed by atoms with van der Waals surface area (Å²) in [7, 11) is 1.86. The van der Waals surface area contributed by atoms with Crippen LogP contribution in [0.5, 0.6) is 0 Å². The summed E-state index contributed by atoms with van der Waals surface area (Å²) < 4.78 is 2.05. The molecule has 4 rings (SSSR count). The maximum Gasteiger partial charge on any atom is 0.191 e. The third-order valence-corrected chi connectivity index (χ3v) is 6.65. The van der Waals surface area contributed by atoms with E-state index in [9.17, 15) is 0 Å². The Morgan fingerprint density at radius 1 is 1.03 bits per heavy atom. The molecular formula is C22H35N7. The molecule has 2 aliphatic rings. The van der Waals surface area contributed by atoms with Crippen LogP contribution in [0.4, 0.5) is 0 Å². The summed E-state index contributed by atoms with van der Waals surface area (Å²) in [6.45, 7) is 4.29. The van der Waals surface area contributed by atoms with Gasteiger partial charge in [0.05, 0.1) is 0 Å². The zero-order chi connectivity index (χ0) is 19.9. The molecule has 0 aromatic carbocycles. The molecule has 0 spiro atoms. The Bertz CT molecular complexity index is 800. The highest BCUT2D eigenvalue weighted by Gasteiger charge is 2.38. The fraction of sp³-hybridized carbons (Fsp3) is 0.682. The van der Waals surface area contributed by atoms with Crippen LogP contribution >= 0.6 is 0 Å². The molecule has 1 aliphatic heterocycles. The minimum absolute atomic E-state index is 0.305. The van der Waals surface area contributed by atoms with Gasteiger partial charge >= 0.3 is 0 Å².